The van der Waals surface area contributed by atoms with Gasteiger partial charge in [-0.1, -0.05) is 24.3 Å². The molecule has 0 saturated carbocycles. The second kappa shape index (κ2) is 8.56. The van der Waals surface area contributed by atoms with Crippen molar-refractivity contribution in [3.8, 4) is 11.4 Å². The summed E-state index contributed by atoms with van der Waals surface area (Å²) in [5, 5.41) is 3.46. The number of aryl methyl sites for hydroxylation is 1. The molecule has 4 nitrogen and oxygen atoms in total. The van der Waals surface area contributed by atoms with E-state index in [1.165, 1.54) is 23.2 Å². The molecule has 2 heterocycles. The van der Waals surface area contributed by atoms with Crippen molar-refractivity contribution in [2.24, 2.45) is 7.05 Å². The normalized spacial score (nSPS) is 14.5. The summed E-state index contributed by atoms with van der Waals surface area (Å²) in [5.74, 6) is 1.03. The highest BCUT2D eigenvalue weighted by Gasteiger charge is 2.13. The number of anilines is 1. The molecule has 0 atom stereocenters. The number of hydrogen-bond donors (Lipinski definition) is 1. The van der Waals surface area contributed by atoms with Gasteiger partial charge in [-0.25, -0.2) is 4.98 Å². The average molecular weight is 379 g/mol. The molecule has 1 fully saturated rings. The number of rotatable bonds is 2. The maximum absolute atomic E-state index is 4.82. The van der Waals surface area contributed by atoms with Crippen LogP contribution in [-0.2, 0) is 7.05 Å². The fourth-order valence-electron chi connectivity index (χ4n) is 3.35. The monoisotopic (exact) mass is 378 g/mol. The molecule has 6 heteroatoms. The lowest BCUT2D eigenvalue weighted by Crippen LogP contribution is -2.27. The van der Waals surface area contributed by atoms with Gasteiger partial charge in [-0.05, 0) is 37.2 Å². The van der Waals surface area contributed by atoms with E-state index in [4.69, 9.17) is 4.98 Å². The first-order valence-electron chi connectivity index (χ1n) is 8.30. The van der Waals surface area contributed by atoms with Crippen molar-refractivity contribution in [3.63, 3.8) is 0 Å². The van der Waals surface area contributed by atoms with Crippen molar-refractivity contribution >= 4 is 41.5 Å². The molecule has 1 aromatic heterocycles. The Hall–Kier alpha value is -1.75. The summed E-state index contributed by atoms with van der Waals surface area (Å²) >= 11 is 0. The van der Waals surface area contributed by atoms with Gasteiger partial charge in [0, 0.05) is 37.9 Å². The average Bonchev–Trinajstić information content (AvgIpc) is 2.78. The summed E-state index contributed by atoms with van der Waals surface area (Å²) in [6, 6.07) is 17.1. The Bertz CT molecular complexity index is 823. The predicted octanol–water partition coefficient (Wildman–Crippen LogP) is 3.88. The van der Waals surface area contributed by atoms with Crippen LogP contribution >= 0.6 is 24.8 Å². The molecule has 0 amide bonds. The van der Waals surface area contributed by atoms with Gasteiger partial charge < -0.3 is 14.8 Å². The lowest BCUT2D eigenvalue weighted by atomic mass is 10.1. The molecular formula is C19H24Cl2N4. The van der Waals surface area contributed by atoms with E-state index in [0.717, 1.165) is 37.5 Å². The number of nitrogens with one attached hydrogen (secondary N) is 1. The molecule has 3 aromatic rings. The molecule has 0 radical (unpaired) electrons. The van der Waals surface area contributed by atoms with Gasteiger partial charge in [-0.15, -0.1) is 24.8 Å². The Kier molecular flexibility index (Phi) is 6.71. The number of fused-ring (bicyclic) bond motifs is 1. The Labute approximate surface area is 161 Å². The van der Waals surface area contributed by atoms with Crippen molar-refractivity contribution < 1.29 is 0 Å². The van der Waals surface area contributed by atoms with Crippen LogP contribution in [0.4, 0.5) is 5.69 Å². The molecule has 134 valence electrons. The van der Waals surface area contributed by atoms with E-state index in [-0.39, 0.29) is 24.8 Å². The Morgan fingerprint density at radius 2 is 1.80 bits per heavy atom. The molecule has 0 aliphatic carbocycles. The van der Waals surface area contributed by atoms with Crippen LogP contribution in [0.3, 0.4) is 0 Å². The Morgan fingerprint density at radius 1 is 0.960 bits per heavy atom. The van der Waals surface area contributed by atoms with Crippen molar-refractivity contribution in [2.45, 2.75) is 6.42 Å². The minimum absolute atomic E-state index is 0. The van der Waals surface area contributed by atoms with E-state index < -0.39 is 0 Å². The first kappa shape index (κ1) is 19.6. The zero-order chi connectivity index (χ0) is 15.6. The largest absolute Gasteiger partial charge is 0.370 e. The summed E-state index contributed by atoms with van der Waals surface area (Å²) in [7, 11) is 2.09. The Balaban J connectivity index is 0.00000113. The zero-order valence-electron chi connectivity index (χ0n) is 14.3. The van der Waals surface area contributed by atoms with Gasteiger partial charge in [-0.2, -0.15) is 0 Å². The van der Waals surface area contributed by atoms with Crippen LogP contribution in [0.2, 0.25) is 0 Å². The van der Waals surface area contributed by atoms with Gasteiger partial charge >= 0.3 is 0 Å². The number of hydrogen-bond acceptors (Lipinski definition) is 3. The van der Waals surface area contributed by atoms with Gasteiger partial charge in [-0.3, -0.25) is 0 Å². The van der Waals surface area contributed by atoms with Crippen LogP contribution < -0.4 is 10.2 Å². The summed E-state index contributed by atoms with van der Waals surface area (Å²) < 4.78 is 2.18. The van der Waals surface area contributed by atoms with Crippen molar-refractivity contribution in [3.05, 3.63) is 48.5 Å². The van der Waals surface area contributed by atoms with Crippen LogP contribution in [0.15, 0.2) is 48.5 Å². The molecule has 1 aliphatic heterocycles. The van der Waals surface area contributed by atoms with Crippen molar-refractivity contribution in [1.29, 1.82) is 0 Å². The van der Waals surface area contributed by atoms with Gasteiger partial charge in [0.05, 0.1) is 11.0 Å². The number of aromatic nitrogens is 2. The maximum atomic E-state index is 4.82. The molecule has 2 aromatic carbocycles. The standard InChI is InChI=1S/C19H22N4.2ClH/c1-22-18-9-3-2-8-17(18)21-19(22)15-6-4-7-16(14-15)23-12-5-10-20-11-13-23;;/h2-4,6-9,14,20H,5,10-13H2,1H3;2*1H. The molecule has 4 rings (SSSR count). The van der Waals surface area contributed by atoms with E-state index in [2.05, 4.69) is 64.3 Å². The lowest BCUT2D eigenvalue weighted by Gasteiger charge is -2.22. The maximum Gasteiger partial charge on any atom is 0.140 e. The quantitative estimate of drug-likeness (QED) is 0.734. The minimum atomic E-state index is 0. The molecule has 1 aliphatic rings. The minimum Gasteiger partial charge on any atom is -0.370 e. The van der Waals surface area contributed by atoms with E-state index in [1.54, 1.807) is 0 Å². The third-order valence-corrected chi connectivity index (χ3v) is 4.60. The second-order valence-electron chi connectivity index (χ2n) is 6.12. The van der Waals surface area contributed by atoms with Gasteiger partial charge in [0.25, 0.3) is 0 Å². The molecule has 0 spiro atoms. The van der Waals surface area contributed by atoms with E-state index >= 15 is 0 Å². The highest BCUT2D eigenvalue weighted by atomic mass is 35.5. The summed E-state index contributed by atoms with van der Waals surface area (Å²) in [5.41, 5.74) is 4.69. The summed E-state index contributed by atoms with van der Waals surface area (Å²) in [6.45, 7) is 4.34. The van der Waals surface area contributed by atoms with Crippen LogP contribution in [0.1, 0.15) is 6.42 Å². The number of halogens is 2. The van der Waals surface area contributed by atoms with Gasteiger partial charge in [0.15, 0.2) is 0 Å². The second-order valence-corrected chi connectivity index (χ2v) is 6.12. The molecule has 25 heavy (non-hydrogen) atoms. The van der Waals surface area contributed by atoms with Crippen molar-refractivity contribution in [1.82, 2.24) is 14.9 Å². The zero-order valence-corrected chi connectivity index (χ0v) is 15.9. The number of imidazole rings is 1. The smallest absolute Gasteiger partial charge is 0.140 e. The third-order valence-electron chi connectivity index (χ3n) is 4.60. The Morgan fingerprint density at radius 3 is 2.64 bits per heavy atom. The lowest BCUT2D eigenvalue weighted by molar-refractivity contribution is 0.724. The van der Waals surface area contributed by atoms with Crippen LogP contribution in [0, 0.1) is 0 Å². The fraction of sp³-hybridized carbons (Fsp3) is 0.316. The number of nitrogens with zero attached hydrogens (tertiary/aromatic N) is 3. The SMILES string of the molecule is Cl.Cl.Cn1c(-c2cccc(N3CCCNCC3)c2)nc2ccccc21. The van der Waals surface area contributed by atoms with Gasteiger partial charge in [0.1, 0.15) is 5.82 Å². The predicted molar refractivity (Wildman–Crippen MR) is 110 cm³/mol. The number of benzene rings is 2. The van der Waals surface area contributed by atoms with Crippen molar-refractivity contribution in [2.75, 3.05) is 31.1 Å². The molecule has 1 saturated heterocycles. The summed E-state index contributed by atoms with van der Waals surface area (Å²) in [4.78, 5) is 7.28. The van der Waals surface area contributed by atoms with E-state index in [0.29, 0.717) is 0 Å². The topological polar surface area (TPSA) is 33.1 Å². The third kappa shape index (κ3) is 3.92. The number of para-hydroxylation sites is 2. The first-order chi connectivity index (χ1) is 11.3. The fourth-order valence-corrected chi connectivity index (χ4v) is 3.35. The highest BCUT2D eigenvalue weighted by molar-refractivity contribution is 5.85. The van der Waals surface area contributed by atoms with E-state index in [9.17, 15) is 0 Å². The molecule has 0 bridgehead atoms. The van der Waals surface area contributed by atoms with E-state index in [1.807, 2.05) is 6.07 Å². The highest BCUT2D eigenvalue weighted by Crippen LogP contribution is 2.27. The van der Waals surface area contributed by atoms with Gasteiger partial charge in [0.2, 0.25) is 0 Å². The molecular weight excluding hydrogens is 355 g/mol. The first-order valence-corrected chi connectivity index (χ1v) is 8.30. The molecule has 1 N–H and O–H groups in total. The van der Waals surface area contributed by atoms with Crippen LogP contribution in [0.25, 0.3) is 22.4 Å². The van der Waals surface area contributed by atoms with Crippen LogP contribution in [0.5, 0.6) is 0 Å². The van der Waals surface area contributed by atoms with Crippen LogP contribution in [-0.4, -0.2) is 35.7 Å². The summed E-state index contributed by atoms with van der Waals surface area (Å²) in [6.07, 6.45) is 1.19. The molecule has 0 unspecified atom stereocenters.